The SMILES string of the molecule is COCCN(Cc1cc2ccc(F)cc2nc1N1CCN(c2cccc(OC)c2)CC1)C(=O)c1ccoc1. The largest absolute Gasteiger partial charge is 0.497 e. The number of halogens is 1. The molecule has 8 nitrogen and oxygen atoms in total. The summed E-state index contributed by atoms with van der Waals surface area (Å²) in [4.78, 5) is 24.4. The second kappa shape index (κ2) is 11.5. The number of benzene rings is 2. The number of nitrogens with zero attached hydrogens (tertiary/aromatic N) is 4. The Labute approximate surface area is 221 Å². The van der Waals surface area contributed by atoms with Gasteiger partial charge in [-0.05, 0) is 36.4 Å². The van der Waals surface area contributed by atoms with Crippen LogP contribution in [0.2, 0.25) is 0 Å². The third-order valence-corrected chi connectivity index (χ3v) is 6.82. The lowest BCUT2D eigenvalue weighted by Gasteiger charge is -2.38. The molecule has 0 radical (unpaired) electrons. The summed E-state index contributed by atoms with van der Waals surface area (Å²) in [6.07, 6.45) is 2.93. The lowest BCUT2D eigenvalue weighted by molar-refractivity contribution is 0.0680. The van der Waals surface area contributed by atoms with Crippen molar-refractivity contribution in [3.8, 4) is 5.75 Å². The van der Waals surface area contributed by atoms with Crippen molar-refractivity contribution in [3.63, 3.8) is 0 Å². The summed E-state index contributed by atoms with van der Waals surface area (Å²) in [7, 11) is 3.28. The number of carbonyl (C=O) groups excluding carboxylic acids is 1. The quantitative estimate of drug-likeness (QED) is 0.321. The molecule has 1 fully saturated rings. The molecule has 0 atom stereocenters. The fourth-order valence-electron chi connectivity index (χ4n) is 4.78. The summed E-state index contributed by atoms with van der Waals surface area (Å²) >= 11 is 0. The molecule has 0 N–H and O–H groups in total. The van der Waals surface area contributed by atoms with E-state index in [1.807, 2.05) is 24.3 Å². The lowest BCUT2D eigenvalue weighted by atomic mass is 10.1. The predicted octanol–water partition coefficient (Wildman–Crippen LogP) is 4.59. The predicted molar refractivity (Wildman–Crippen MR) is 144 cm³/mol. The van der Waals surface area contributed by atoms with Crippen LogP contribution in [0.1, 0.15) is 15.9 Å². The van der Waals surface area contributed by atoms with Crippen LogP contribution in [0.3, 0.4) is 0 Å². The number of piperazine rings is 1. The first-order chi connectivity index (χ1) is 18.6. The highest BCUT2D eigenvalue weighted by atomic mass is 19.1. The van der Waals surface area contributed by atoms with Crippen LogP contribution in [0.15, 0.2) is 71.5 Å². The smallest absolute Gasteiger partial charge is 0.257 e. The Kier molecular flexibility index (Phi) is 7.74. The van der Waals surface area contributed by atoms with Gasteiger partial charge in [-0.25, -0.2) is 9.37 Å². The molecule has 1 saturated heterocycles. The van der Waals surface area contributed by atoms with Crippen LogP contribution in [0.25, 0.3) is 10.9 Å². The number of rotatable bonds is 9. The van der Waals surface area contributed by atoms with Crippen molar-refractivity contribution in [2.24, 2.45) is 0 Å². The number of amides is 1. The molecule has 1 amide bonds. The number of pyridine rings is 1. The maximum absolute atomic E-state index is 14.1. The minimum atomic E-state index is -0.330. The van der Waals surface area contributed by atoms with Crippen molar-refractivity contribution in [2.75, 3.05) is 63.4 Å². The van der Waals surface area contributed by atoms with Gasteiger partial charge < -0.3 is 28.6 Å². The van der Waals surface area contributed by atoms with Gasteiger partial charge in [-0.15, -0.1) is 0 Å². The fourth-order valence-corrected chi connectivity index (χ4v) is 4.78. The summed E-state index contributed by atoms with van der Waals surface area (Å²) in [5.74, 6) is 1.10. The van der Waals surface area contributed by atoms with Crippen LogP contribution in [-0.2, 0) is 11.3 Å². The Bertz CT molecular complexity index is 1390. The Morgan fingerprint density at radius 3 is 2.61 bits per heavy atom. The van der Waals surface area contributed by atoms with Crippen molar-refractivity contribution < 1.29 is 23.1 Å². The van der Waals surface area contributed by atoms with Crippen LogP contribution in [0, 0.1) is 5.82 Å². The molecule has 2 aromatic carbocycles. The molecule has 5 rings (SSSR count). The summed E-state index contributed by atoms with van der Waals surface area (Å²) in [6.45, 7) is 4.17. The van der Waals surface area contributed by atoms with E-state index in [0.29, 0.717) is 30.8 Å². The van der Waals surface area contributed by atoms with Gasteiger partial charge in [-0.2, -0.15) is 0 Å². The highest BCUT2D eigenvalue weighted by Gasteiger charge is 2.24. The first-order valence-corrected chi connectivity index (χ1v) is 12.6. The van der Waals surface area contributed by atoms with Gasteiger partial charge in [0.25, 0.3) is 5.91 Å². The number of carbonyl (C=O) groups is 1. The van der Waals surface area contributed by atoms with Gasteiger partial charge in [0, 0.05) is 75.1 Å². The van der Waals surface area contributed by atoms with Crippen molar-refractivity contribution in [1.29, 1.82) is 0 Å². The minimum absolute atomic E-state index is 0.149. The third-order valence-electron chi connectivity index (χ3n) is 6.82. The van der Waals surface area contributed by atoms with Crippen molar-refractivity contribution >= 4 is 28.3 Å². The molecular formula is C29H31FN4O4. The van der Waals surface area contributed by atoms with Gasteiger partial charge in [0.2, 0.25) is 0 Å². The second-order valence-corrected chi connectivity index (χ2v) is 9.22. The molecule has 0 aliphatic carbocycles. The number of hydrogen-bond acceptors (Lipinski definition) is 7. The molecule has 3 heterocycles. The average molecular weight is 519 g/mol. The topological polar surface area (TPSA) is 71.3 Å². The molecule has 0 bridgehead atoms. The fraction of sp³-hybridized carbons (Fsp3) is 0.310. The van der Waals surface area contributed by atoms with Gasteiger partial charge >= 0.3 is 0 Å². The van der Waals surface area contributed by atoms with E-state index in [-0.39, 0.29) is 11.7 Å². The summed E-state index contributed by atoms with van der Waals surface area (Å²) in [5, 5.41) is 0.822. The maximum atomic E-state index is 14.1. The van der Waals surface area contributed by atoms with Gasteiger partial charge in [-0.1, -0.05) is 6.07 Å². The number of anilines is 2. The Balaban J connectivity index is 1.44. The van der Waals surface area contributed by atoms with Gasteiger partial charge in [-0.3, -0.25) is 4.79 Å². The number of methoxy groups -OCH3 is 2. The number of ether oxygens (including phenoxy) is 2. The third kappa shape index (κ3) is 5.57. The van der Waals surface area contributed by atoms with E-state index in [9.17, 15) is 9.18 Å². The van der Waals surface area contributed by atoms with Crippen molar-refractivity contribution in [1.82, 2.24) is 9.88 Å². The first-order valence-electron chi connectivity index (χ1n) is 12.6. The van der Waals surface area contributed by atoms with E-state index in [1.54, 1.807) is 31.3 Å². The molecule has 0 saturated carbocycles. The Morgan fingerprint density at radius 1 is 1.05 bits per heavy atom. The molecule has 38 heavy (non-hydrogen) atoms. The van der Waals surface area contributed by atoms with Crippen LogP contribution < -0.4 is 14.5 Å². The van der Waals surface area contributed by atoms with E-state index < -0.39 is 0 Å². The molecule has 4 aromatic rings. The molecular weight excluding hydrogens is 487 g/mol. The number of fused-ring (bicyclic) bond motifs is 1. The lowest BCUT2D eigenvalue weighted by Crippen LogP contribution is -2.47. The zero-order valence-corrected chi connectivity index (χ0v) is 21.6. The minimum Gasteiger partial charge on any atom is -0.497 e. The van der Waals surface area contributed by atoms with Crippen LogP contribution in [-0.4, -0.2) is 69.3 Å². The standard InChI is InChI=1S/C29H31FN4O4/c1-36-15-13-34(29(35)22-8-14-38-20-22)19-23-16-21-6-7-24(30)17-27(21)31-28(23)33-11-9-32(10-12-33)25-4-3-5-26(18-25)37-2/h3-8,14,16-18,20H,9-13,15,19H2,1-2H3. The second-order valence-electron chi connectivity index (χ2n) is 9.22. The van der Waals surface area contributed by atoms with Gasteiger partial charge in [0.1, 0.15) is 23.6 Å². The number of hydrogen-bond donors (Lipinski definition) is 0. The average Bonchev–Trinajstić information content (AvgIpc) is 3.50. The summed E-state index contributed by atoms with van der Waals surface area (Å²) < 4.78 is 29.9. The van der Waals surface area contributed by atoms with Crippen LogP contribution >= 0.6 is 0 Å². The molecule has 2 aromatic heterocycles. The van der Waals surface area contributed by atoms with E-state index >= 15 is 0 Å². The maximum Gasteiger partial charge on any atom is 0.257 e. The molecule has 0 unspecified atom stereocenters. The highest BCUT2D eigenvalue weighted by molar-refractivity contribution is 5.94. The summed E-state index contributed by atoms with van der Waals surface area (Å²) in [6, 6.07) is 16.3. The zero-order valence-electron chi connectivity index (χ0n) is 21.6. The molecule has 9 heteroatoms. The first kappa shape index (κ1) is 25.5. The van der Waals surface area contributed by atoms with Crippen molar-refractivity contribution in [2.45, 2.75) is 6.54 Å². The zero-order chi connectivity index (χ0) is 26.5. The monoisotopic (exact) mass is 518 g/mol. The Morgan fingerprint density at radius 2 is 1.87 bits per heavy atom. The molecule has 198 valence electrons. The summed E-state index contributed by atoms with van der Waals surface area (Å²) in [5.41, 5.74) is 3.06. The molecule has 1 aliphatic rings. The van der Waals surface area contributed by atoms with Crippen molar-refractivity contribution in [3.05, 3.63) is 84.1 Å². The van der Waals surface area contributed by atoms with E-state index in [0.717, 1.165) is 54.4 Å². The number of furan rings is 1. The van der Waals surface area contributed by atoms with Gasteiger partial charge in [0.15, 0.2) is 0 Å². The number of aromatic nitrogens is 1. The molecule has 0 spiro atoms. The Hall–Kier alpha value is -4.11. The van der Waals surface area contributed by atoms with Crippen LogP contribution in [0.4, 0.5) is 15.9 Å². The van der Waals surface area contributed by atoms with Crippen LogP contribution in [0.5, 0.6) is 5.75 Å². The normalized spacial score (nSPS) is 13.7. The highest BCUT2D eigenvalue weighted by Crippen LogP contribution is 2.29. The van der Waals surface area contributed by atoms with E-state index in [2.05, 4.69) is 15.9 Å². The molecule has 1 aliphatic heterocycles. The van der Waals surface area contributed by atoms with Gasteiger partial charge in [0.05, 0.1) is 31.1 Å². The van der Waals surface area contributed by atoms with E-state index in [4.69, 9.17) is 18.9 Å². The van der Waals surface area contributed by atoms with E-state index in [1.165, 1.54) is 24.7 Å².